The Morgan fingerprint density at radius 1 is 1.43 bits per heavy atom. The van der Waals surface area contributed by atoms with Crippen molar-refractivity contribution in [3.8, 4) is 0 Å². The Morgan fingerprint density at radius 3 is 2.90 bits per heavy atom. The fourth-order valence-electron chi connectivity index (χ4n) is 2.45. The van der Waals surface area contributed by atoms with E-state index in [0.29, 0.717) is 5.92 Å². The van der Waals surface area contributed by atoms with Crippen LogP contribution in [0.2, 0.25) is 5.02 Å². The monoisotopic (exact) mass is 321 g/mol. The Balaban J connectivity index is 1.77. The summed E-state index contributed by atoms with van der Waals surface area (Å²) in [6.07, 6.45) is 2.58. The smallest absolute Gasteiger partial charge is 0.185 e. The van der Waals surface area contributed by atoms with Crippen molar-refractivity contribution in [1.29, 1.82) is 0 Å². The molecule has 1 aliphatic carbocycles. The summed E-state index contributed by atoms with van der Waals surface area (Å²) in [6, 6.07) is 8.02. The molecule has 112 valence electrons. The molecule has 0 radical (unpaired) electrons. The van der Waals surface area contributed by atoms with Crippen LogP contribution in [0, 0.1) is 0 Å². The van der Waals surface area contributed by atoms with E-state index in [0.717, 1.165) is 23.2 Å². The van der Waals surface area contributed by atoms with Gasteiger partial charge in [0.05, 0.1) is 5.69 Å². The van der Waals surface area contributed by atoms with Gasteiger partial charge in [0.2, 0.25) is 0 Å². The van der Waals surface area contributed by atoms with Crippen molar-refractivity contribution in [3.63, 3.8) is 0 Å². The van der Waals surface area contributed by atoms with Gasteiger partial charge in [-0.05, 0) is 37.6 Å². The number of nitrogens with zero attached hydrogens (tertiary/aromatic N) is 2. The van der Waals surface area contributed by atoms with Crippen LogP contribution >= 0.6 is 22.9 Å². The highest BCUT2D eigenvalue weighted by Gasteiger charge is 2.29. The molecule has 0 atom stereocenters. The van der Waals surface area contributed by atoms with Crippen LogP contribution in [-0.2, 0) is 13.1 Å². The molecule has 0 amide bonds. The summed E-state index contributed by atoms with van der Waals surface area (Å²) in [4.78, 5) is 8.47. The number of aromatic nitrogens is 1. The Bertz CT molecular complexity index is 622. The molecule has 3 nitrogen and oxygen atoms in total. The number of halogens is 1. The number of rotatable bonds is 6. The Labute approximate surface area is 135 Å². The van der Waals surface area contributed by atoms with Gasteiger partial charge in [0.15, 0.2) is 5.13 Å². The van der Waals surface area contributed by atoms with Crippen LogP contribution in [0.3, 0.4) is 0 Å². The third kappa shape index (κ3) is 3.57. The second kappa shape index (κ2) is 6.34. The molecule has 1 fully saturated rings. The molecule has 1 aromatic carbocycles. The first-order valence-corrected chi connectivity index (χ1v) is 8.46. The second-order valence-electron chi connectivity index (χ2n) is 5.60. The van der Waals surface area contributed by atoms with Crippen molar-refractivity contribution >= 4 is 28.1 Å². The molecular weight excluding hydrogens is 302 g/mol. The topological polar surface area (TPSA) is 28.2 Å². The third-order valence-corrected chi connectivity index (χ3v) is 5.07. The zero-order chi connectivity index (χ0) is 14.8. The van der Waals surface area contributed by atoms with E-state index >= 15 is 0 Å². The maximum absolute atomic E-state index is 6.05. The van der Waals surface area contributed by atoms with Gasteiger partial charge in [-0.1, -0.05) is 23.7 Å². The number of anilines is 1. The standard InChI is InChI=1S/C16H20ClN3S/c1-18-9-14-15(12-6-7-12)19-16(21-14)20(2)10-11-4-3-5-13(17)8-11/h3-5,8,12,18H,6-7,9-10H2,1-2H3. The number of nitrogens with one attached hydrogen (secondary N) is 1. The zero-order valence-electron chi connectivity index (χ0n) is 12.4. The summed E-state index contributed by atoms with van der Waals surface area (Å²) in [5, 5.41) is 5.14. The lowest BCUT2D eigenvalue weighted by atomic mass is 10.2. The minimum absolute atomic E-state index is 0.693. The van der Waals surface area contributed by atoms with Crippen molar-refractivity contribution < 1.29 is 0 Å². The van der Waals surface area contributed by atoms with E-state index < -0.39 is 0 Å². The Morgan fingerprint density at radius 2 is 2.24 bits per heavy atom. The maximum Gasteiger partial charge on any atom is 0.185 e. The minimum Gasteiger partial charge on any atom is -0.347 e. The molecule has 0 aliphatic heterocycles. The lowest BCUT2D eigenvalue weighted by Gasteiger charge is -2.15. The zero-order valence-corrected chi connectivity index (χ0v) is 14.0. The van der Waals surface area contributed by atoms with E-state index in [9.17, 15) is 0 Å². The average molecular weight is 322 g/mol. The lowest BCUT2D eigenvalue weighted by Crippen LogP contribution is -2.16. The van der Waals surface area contributed by atoms with E-state index in [1.54, 1.807) is 11.3 Å². The molecule has 1 N–H and O–H groups in total. The van der Waals surface area contributed by atoms with E-state index in [2.05, 4.69) is 23.3 Å². The van der Waals surface area contributed by atoms with Gasteiger partial charge in [0, 0.05) is 36.0 Å². The summed E-state index contributed by atoms with van der Waals surface area (Å²) in [6.45, 7) is 1.74. The molecule has 1 saturated carbocycles. The molecule has 0 bridgehead atoms. The molecule has 0 saturated heterocycles. The van der Waals surface area contributed by atoms with Crippen molar-refractivity contribution in [1.82, 2.24) is 10.3 Å². The summed E-state index contributed by atoms with van der Waals surface area (Å²) >= 11 is 7.86. The Kier molecular flexibility index (Phi) is 4.48. The van der Waals surface area contributed by atoms with Gasteiger partial charge in [-0.3, -0.25) is 0 Å². The van der Waals surface area contributed by atoms with Crippen LogP contribution in [0.15, 0.2) is 24.3 Å². The first-order valence-electron chi connectivity index (χ1n) is 7.27. The van der Waals surface area contributed by atoms with E-state index in [4.69, 9.17) is 16.6 Å². The highest BCUT2D eigenvalue weighted by Crippen LogP contribution is 2.44. The normalized spacial score (nSPS) is 14.4. The molecule has 1 aromatic heterocycles. The summed E-state index contributed by atoms with van der Waals surface area (Å²) in [5.74, 6) is 0.693. The lowest BCUT2D eigenvalue weighted by molar-refractivity contribution is 0.811. The maximum atomic E-state index is 6.05. The number of hydrogen-bond donors (Lipinski definition) is 1. The van der Waals surface area contributed by atoms with Crippen molar-refractivity contribution in [2.24, 2.45) is 0 Å². The molecular formula is C16H20ClN3S. The van der Waals surface area contributed by atoms with E-state index in [-0.39, 0.29) is 0 Å². The van der Waals surface area contributed by atoms with Crippen molar-refractivity contribution in [3.05, 3.63) is 45.4 Å². The van der Waals surface area contributed by atoms with Crippen LogP contribution in [0.5, 0.6) is 0 Å². The first kappa shape index (κ1) is 14.8. The molecule has 5 heteroatoms. The highest BCUT2D eigenvalue weighted by molar-refractivity contribution is 7.15. The van der Waals surface area contributed by atoms with Gasteiger partial charge < -0.3 is 10.2 Å². The van der Waals surface area contributed by atoms with Crippen molar-refractivity contribution in [2.45, 2.75) is 31.8 Å². The number of hydrogen-bond acceptors (Lipinski definition) is 4. The van der Waals surface area contributed by atoms with Gasteiger partial charge >= 0.3 is 0 Å². The molecule has 0 spiro atoms. The van der Waals surface area contributed by atoms with Crippen LogP contribution in [0.4, 0.5) is 5.13 Å². The molecule has 0 unspecified atom stereocenters. The second-order valence-corrected chi connectivity index (χ2v) is 7.09. The quantitative estimate of drug-likeness (QED) is 0.870. The van der Waals surface area contributed by atoms with Gasteiger partial charge in [-0.15, -0.1) is 11.3 Å². The molecule has 2 aromatic rings. The molecule has 1 heterocycles. The Hall–Kier alpha value is -1.10. The van der Waals surface area contributed by atoms with Gasteiger partial charge in [-0.25, -0.2) is 4.98 Å². The van der Waals surface area contributed by atoms with E-state index in [1.807, 2.05) is 25.2 Å². The number of thiazole rings is 1. The van der Waals surface area contributed by atoms with Crippen LogP contribution < -0.4 is 10.2 Å². The fourth-order valence-corrected chi connectivity index (χ4v) is 3.78. The molecule has 21 heavy (non-hydrogen) atoms. The molecule has 3 rings (SSSR count). The van der Waals surface area contributed by atoms with Gasteiger partial charge in [0.1, 0.15) is 0 Å². The van der Waals surface area contributed by atoms with Gasteiger partial charge in [-0.2, -0.15) is 0 Å². The largest absolute Gasteiger partial charge is 0.347 e. The fraction of sp³-hybridized carbons (Fsp3) is 0.438. The highest BCUT2D eigenvalue weighted by atomic mass is 35.5. The predicted molar refractivity (Wildman–Crippen MR) is 90.4 cm³/mol. The first-order chi connectivity index (χ1) is 10.2. The summed E-state index contributed by atoms with van der Waals surface area (Å²) < 4.78 is 0. The van der Waals surface area contributed by atoms with Crippen LogP contribution in [0.25, 0.3) is 0 Å². The summed E-state index contributed by atoms with van der Waals surface area (Å²) in [7, 11) is 4.09. The van der Waals surface area contributed by atoms with Crippen LogP contribution in [0.1, 0.15) is 34.9 Å². The van der Waals surface area contributed by atoms with E-state index in [1.165, 1.54) is 29.0 Å². The predicted octanol–water partition coefficient (Wildman–Crippen LogP) is 4.03. The molecule has 1 aliphatic rings. The van der Waals surface area contributed by atoms with Crippen LogP contribution in [-0.4, -0.2) is 19.1 Å². The van der Waals surface area contributed by atoms with Crippen molar-refractivity contribution in [2.75, 3.05) is 19.0 Å². The summed E-state index contributed by atoms with van der Waals surface area (Å²) in [5.41, 5.74) is 2.52. The minimum atomic E-state index is 0.693. The third-order valence-electron chi connectivity index (χ3n) is 3.65. The number of benzene rings is 1. The SMILES string of the molecule is CNCc1sc(N(C)Cc2cccc(Cl)c2)nc1C1CC1. The van der Waals surface area contributed by atoms with Gasteiger partial charge in [0.25, 0.3) is 0 Å². The average Bonchev–Trinajstić information content (AvgIpc) is 3.20.